The summed E-state index contributed by atoms with van der Waals surface area (Å²) in [7, 11) is 0. The Balaban J connectivity index is 1.91. The van der Waals surface area contributed by atoms with Gasteiger partial charge in [-0.2, -0.15) is 0 Å². The highest BCUT2D eigenvalue weighted by Gasteiger charge is 2.10. The summed E-state index contributed by atoms with van der Waals surface area (Å²) in [6, 6.07) is 7.13. The minimum absolute atomic E-state index is 0.197. The SMILES string of the molecule is OC(COc1cccnc1)c1ccc(Cl)s1. The Kier molecular flexibility index (Phi) is 3.77. The summed E-state index contributed by atoms with van der Waals surface area (Å²) >= 11 is 7.13. The lowest BCUT2D eigenvalue weighted by Gasteiger charge is -2.10. The Morgan fingerprint density at radius 1 is 1.44 bits per heavy atom. The van der Waals surface area contributed by atoms with Crippen molar-refractivity contribution in [3.05, 3.63) is 45.9 Å². The number of aliphatic hydroxyl groups excluding tert-OH is 1. The summed E-state index contributed by atoms with van der Waals surface area (Å²) in [5.41, 5.74) is 0. The molecule has 0 aliphatic rings. The number of rotatable bonds is 4. The van der Waals surface area contributed by atoms with Crippen LogP contribution in [0.2, 0.25) is 4.34 Å². The molecule has 0 bridgehead atoms. The molecule has 0 saturated heterocycles. The van der Waals surface area contributed by atoms with Gasteiger partial charge in [0, 0.05) is 11.1 Å². The number of aliphatic hydroxyl groups is 1. The van der Waals surface area contributed by atoms with Gasteiger partial charge in [-0.3, -0.25) is 4.98 Å². The van der Waals surface area contributed by atoms with Crippen molar-refractivity contribution in [3.63, 3.8) is 0 Å². The van der Waals surface area contributed by atoms with Crippen LogP contribution in [0.25, 0.3) is 0 Å². The van der Waals surface area contributed by atoms with Crippen LogP contribution in [0.15, 0.2) is 36.7 Å². The van der Waals surface area contributed by atoms with Gasteiger partial charge in [-0.15, -0.1) is 11.3 Å². The molecular formula is C11H10ClNO2S. The third-order valence-electron chi connectivity index (χ3n) is 1.96. The first-order valence-electron chi connectivity index (χ1n) is 4.72. The van der Waals surface area contributed by atoms with Gasteiger partial charge in [0.25, 0.3) is 0 Å². The van der Waals surface area contributed by atoms with Crippen molar-refractivity contribution in [2.75, 3.05) is 6.61 Å². The number of pyridine rings is 1. The largest absolute Gasteiger partial charge is 0.489 e. The number of aromatic nitrogens is 1. The van der Waals surface area contributed by atoms with Crippen molar-refractivity contribution in [1.29, 1.82) is 0 Å². The number of ether oxygens (including phenoxy) is 1. The van der Waals surface area contributed by atoms with E-state index in [1.165, 1.54) is 11.3 Å². The molecule has 0 aliphatic heterocycles. The number of nitrogens with zero attached hydrogens (tertiary/aromatic N) is 1. The first-order valence-corrected chi connectivity index (χ1v) is 5.91. The summed E-state index contributed by atoms with van der Waals surface area (Å²) in [5.74, 6) is 0.643. The van der Waals surface area contributed by atoms with Gasteiger partial charge in [0.05, 0.1) is 10.5 Å². The molecule has 0 aromatic carbocycles. The topological polar surface area (TPSA) is 42.4 Å². The van der Waals surface area contributed by atoms with Crippen LogP contribution in [0, 0.1) is 0 Å². The molecule has 0 spiro atoms. The zero-order valence-electron chi connectivity index (χ0n) is 8.34. The van der Waals surface area contributed by atoms with E-state index in [-0.39, 0.29) is 6.61 Å². The van der Waals surface area contributed by atoms with Crippen LogP contribution >= 0.6 is 22.9 Å². The normalized spacial score (nSPS) is 12.4. The van der Waals surface area contributed by atoms with E-state index in [9.17, 15) is 5.11 Å². The summed E-state index contributed by atoms with van der Waals surface area (Å²) in [6.07, 6.45) is 2.62. The molecule has 0 fully saturated rings. The van der Waals surface area contributed by atoms with E-state index in [1.807, 2.05) is 0 Å². The molecule has 2 heterocycles. The van der Waals surface area contributed by atoms with Crippen LogP contribution in [-0.4, -0.2) is 16.7 Å². The summed E-state index contributed by atoms with van der Waals surface area (Å²) < 4.78 is 6.04. The predicted octanol–water partition coefficient (Wildman–Crippen LogP) is 2.91. The Morgan fingerprint density at radius 3 is 2.94 bits per heavy atom. The zero-order valence-corrected chi connectivity index (χ0v) is 9.91. The Hall–Kier alpha value is -1.10. The van der Waals surface area contributed by atoms with Crippen LogP contribution in [-0.2, 0) is 0 Å². The number of hydrogen-bond acceptors (Lipinski definition) is 4. The molecule has 0 amide bonds. The molecule has 1 N–H and O–H groups in total. The van der Waals surface area contributed by atoms with Gasteiger partial charge in [0.15, 0.2) is 0 Å². The van der Waals surface area contributed by atoms with Crippen LogP contribution in [0.5, 0.6) is 5.75 Å². The van der Waals surface area contributed by atoms with Crippen molar-refractivity contribution < 1.29 is 9.84 Å². The van der Waals surface area contributed by atoms with Gasteiger partial charge < -0.3 is 9.84 Å². The zero-order chi connectivity index (χ0) is 11.4. The third-order valence-corrected chi connectivity index (χ3v) is 3.30. The van der Waals surface area contributed by atoms with E-state index in [1.54, 1.807) is 36.7 Å². The van der Waals surface area contributed by atoms with Crippen LogP contribution in [0.1, 0.15) is 11.0 Å². The molecule has 0 radical (unpaired) electrons. The quantitative estimate of drug-likeness (QED) is 0.914. The molecule has 2 aromatic rings. The third kappa shape index (κ3) is 2.95. The minimum atomic E-state index is -0.655. The molecular weight excluding hydrogens is 246 g/mol. The van der Waals surface area contributed by atoms with Crippen LogP contribution in [0.3, 0.4) is 0 Å². The smallest absolute Gasteiger partial charge is 0.137 e. The molecule has 3 nitrogen and oxygen atoms in total. The van der Waals surface area contributed by atoms with Gasteiger partial charge >= 0.3 is 0 Å². The molecule has 0 saturated carbocycles. The fraction of sp³-hybridized carbons (Fsp3) is 0.182. The number of hydrogen-bond donors (Lipinski definition) is 1. The predicted molar refractivity (Wildman–Crippen MR) is 64.0 cm³/mol. The average Bonchev–Trinajstić information content (AvgIpc) is 2.74. The minimum Gasteiger partial charge on any atom is -0.489 e. The molecule has 1 atom stereocenters. The second-order valence-electron chi connectivity index (χ2n) is 3.16. The molecule has 2 aromatic heterocycles. The van der Waals surface area contributed by atoms with E-state index in [4.69, 9.17) is 16.3 Å². The lowest BCUT2D eigenvalue weighted by atomic mass is 10.3. The van der Waals surface area contributed by atoms with E-state index in [0.29, 0.717) is 10.1 Å². The first kappa shape index (κ1) is 11.4. The molecule has 84 valence electrons. The fourth-order valence-electron chi connectivity index (χ4n) is 1.20. The molecule has 0 aliphatic carbocycles. The van der Waals surface area contributed by atoms with Gasteiger partial charge in [0.1, 0.15) is 18.5 Å². The monoisotopic (exact) mass is 255 g/mol. The van der Waals surface area contributed by atoms with Crippen molar-refractivity contribution in [3.8, 4) is 5.75 Å². The van der Waals surface area contributed by atoms with Gasteiger partial charge in [-0.05, 0) is 24.3 Å². The maximum Gasteiger partial charge on any atom is 0.137 e. The van der Waals surface area contributed by atoms with Gasteiger partial charge in [0.2, 0.25) is 0 Å². The van der Waals surface area contributed by atoms with E-state index >= 15 is 0 Å². The fourth-order valence-corrected chi connectivity index (χ4v) is 2.23. The summed E-state index contributed by atoms with van der Waals surface area (Å²) in [5, 5.41) is 9.80. The standard InChI is InChI=1S/C11H10ClNO2S/c12-11-4-3-10(16-11)9(14)7-15-8-2-1-5-13-6-8/h1-6,9,14H,7H2. The van der Waals surface area contributed by atoms with E-state index < -0.39 is 6.10 Å². The Labute approximate surface area is 102 Å². The van der Waals surface area contributed by atoms with Crippen LogP contribution < -0.4 is 4.74 Å². The van der Waals surface area contributed by atoms with E-state index in [0.717, 1.165) is 4.88 Å². The number of thiophene rings is 1. The number of halogens is 1. The first-order chi connectivity index (χ1) is 7.75. The second-order valence-corrected chi connectivity index (χ2v) is 4.90. The summed E-state index contributed by atoms with van der Waals surface area (Å²) in [4.78, 5) is 4.71. The van der Waals surface area contributed by atoms with Gasteiger partial charge in [-0.1, -0.05) is 11.6 Å². The highest BCUT2D eigenvalue weighted by molar-refractivity contribution is 7.16. The second kappa shape index (κ2) is 5.30. The van der Waals surface area contributed by atoms with Crippen molar-refractivity contribution in [2.45, 2.75) is 6.10 Å². The lowest BCUT2D eigenvalue weighted by molar-refractivity contribution is 0.111. The highest BCUT2D eigenvalue weighted by Crippen LogP contribution is 2.27. The molecule has 5 heteroatoms. The van der Waals surface area contributed by atoms with E-state index in [2.05, 4.69) is 4.98 Å². The van der Waals surface area contributed by atoms with Gasteiger partial charge in [-0.25, -0.2) is 0 Å². The Bertz CT molecular complexity index is 446. The Morgan fingerprint density at radius 2 is 2.31 bits per heavy atom. The van der Waals surface area contributed by atoms with Crippen molar-refractivity contribution in [2.24, 2.45) is 0 Å². The van der Waals surface area contributed by atoms with Crippen molar-refractivity contribution >= 4 is 22.9 Å². The molecule has 2 rings (SSSR count). The maximum absolute atomic E-state index is 9.80. The summed E-state index contributed by atoms with van der Waals surface area (Å²) in [6.45, 7) is 0.197. The maximum atomic E-state index is 9.80. The average molecular weight is 256 g/mol. The highest BCUT2D eigenvalue weighted by atomic mass is 35.5. The lowest BCUT2D eigenvalue weighted by Crippen LogP contribution is -2.08. The van der Waals surface area contributed by atoms with Crippen LogP contribution in [0.4, 0.5) is 0 Å². The molecule has 16 heavy (non-hydrogen) atoms. The molecule has 1 unspecified atom stereocenters. The van der Waals surface area contributed by atoms with Crippen molar-refractivity contribution in [1.82, 2.24) is 4.98 Å².